The molecule has 1 heterocycles. The third kappa shape index (κ3) is 5.55. The fourth-order valence-corrected chi connectivity index (χ4v) is 3.36. The van der Waals surface area contributed by atoms with E-state index in [1.807, 2.05) is 24.3 Å². The van der Waals surface area contributed by atoms with Crippen molar-refractivity contribution in [3.63, 3.8) is 0 Å². The average molecular weight is 412 g/mol. The molecule has 0 radical (unpaired) electrons. The zero-order valence-electron chi connectivity index (χ0n) is 16.0. The first-order valence-corrected chi connectivity index (χ1v) is 9.64. The molecule has 3 aromatic rings. The Morgan fingerprint density at radius 1 is 1.03 bits per heavy atom. The molecule has 3 rings (SSSR count). The minimum Gasteiger partial charge on any atom is -0.497 e. The Balaban J connectivity index is 1.50. The number of rotatable bonds is 8. The fourth-order valence-electron chi connectivity index (χ4n) is 2.53. The van der Waals surface area contributed by atoms with Gasteiger partial charge in [-0.3, -0.25) is 9.59 Å². The standard InChI is InChI=1S/C21H20N2O5S/c1-26-16-9-7-14(8-10-16)21-22-15(13-29-21)11-20(25)28-12-19(24)23-17-5-3-4-6-18(17)27-2/h3-10,13H,11-12H2,1-2H3,(H,23,24). The predicted octanol–water partition coefficient (Wildman–Crippen LogP) is 3.55. The molecule has 0 bridgehead atoms. The van der Waals surface area contributed by atoms with Crippen LogP contribution >= 0.6 is 11.3 Å². The lowest BCUT2D eigenvalue weighted by Crippen LogP contribution is -2.22. The van der Waals surface area contributed by atoms with Crippen molar-refractivity contribution in [2.75, 3.05) is 26.1 Å². The van der Waals surface area contributed by atoms with Crippen LogP contribution in [0.25, 0.3) is 10.6 Å². The lowest BCUT2D eigenvalue weighted by atomic mass is 10.2. The Bertz CT molecular complexity index is 985. The fraction of sp³-hybridized carbons (Fsp3) is 0.190. The number of amides is 1. The maximum Gasteiger partial charge on any atom is 0.312 e. The third-order valence-electron chi connectivity index (χ3n) is 3.96. The molecule has 1 N–H and O–H groups in total. The van der Waals surface area contributed by atoms with E-state index in [0.29, 0.717) is 17.1 Å². The van der Waals surface area contributed by atoms with Gasteiger partial charge in [-0.25, -0.2) is 4.98 Å². The van der Waals surface area contributed by atoms with Gasteiger partial charge in [-0.15, -0.1) is 11.3 Å². The number of anilines is 1. The largest absolute Gasteiger partial charge is 0.497 e. The highest BCUT2D eigenvalue weighted by Crippen LogP contribution is 2.26. The van der Waals surface area contributed by atoms with Crippen molar-refractivity contribution in [3.05, 3.63) is 59.6 Å². The van der Waals surface area contributed by atoms with Gasteiger partial charge in [0.2, 0.25) is 0 Å². The summed E-state index contributed by atoms with van der Waals surface area (Å²) in [6.45, 7) is -0.383. The van der Waals surface area contributed by atoms with E-state index in [-0.39, 0.29) is 13.0 Å². The molecule has 1 aromatic heterocycles. The highest BCUT2D eigenvalue weighted by molar-refractivity contribution is 7.13. The number of carbonyl (C=O) groups is 2. The van der Waals surface area contributed by atoms with Crippen molar-refractivity contribution in [1.82, 2.24) is 4.98 Å². The van der Waals surface area contributed by atoms with Crippen LogP contribution in [0.15, 0.2) is 53.9 Å². The molecule has 0 fully saturated rings. The van der Waals surface area contributed by atoms with Gasteiger partial charge < -0.3 is 19.5 Å². The molecule has 7 nitrogen and oxygen atoms in total. The van der Waals surface area contributed by atoms with Gasteiger partial charge in [0.25, 0.3) is 5.91 Å². The van der Waals surface area contributed by atoms with E-state index in [9.17, 15) is 9.59 Å². The molecule has 8 heteroatoms. The van der Waals surface area contributed by atoms with E-state index >= 15 is 0 Å². The van der Waals surface area contributed by atoms with Gasteiger partial charge in [-0.05, 0) is 36.4 Å². The normalized spacial score (nSPS) is 10.3. The molecule has 150 valence electrons. The van der Waals surface area contributed by atoms with Crippen molar-refractivity contribution in [1.29, 1.82) is 0 Å². The van der Waals surface area contributed by atoms with Crippen LogP contribution in [0.1, 0.15) is 5.69 Å². The Morgan fingerprint density at radius 2 is 1.79 bits per heavy atom. The van der Waals surface area contributed by atoms with E-state index in [1.165, 1.54) is 18.4 Å². The summed E-state index contributed by atoms with van der Waals surface area (Å²) in [6, 6.07) is 14.5. The van der Waals surface area contributed by atoms with Crippen LogP contribution in [0.2, 0.25) is 0 Å². The number of hydrogen-bond donors (Lipinski definition) is 1. The van der Waals surface area contributed by atoms with Crippen LogP contribution in [0, 0.1) is 0 Å². The lowest BCUT2D eigenvalue weighted by molar-refractivity contribution is -0.146. The summed E-state index contributed by atoms with van der Waals surface area (Å²) >= 11 is 1.44. The van der Waals surface area contributed by atoms with E-state index in [4.69, 9.17) is 14.2 Å². The molecule has 0 atom stereocenters. The number of thiazole rings is 1. The Kier molecular flexibility index (Phi) is 6.80. The highest BCUT2D eigenvalue weighted by atomic mass is 32.1. The van der Waals surface area contributed by atoms with Crippen LogP contribution in [-0.4, -0.2) is 37.7 Å². The Morgan fingerprint density at radius 3 is 2.52 bits per heavy atom. The summed E-state index contributed by atoms with van der Waals surface area (Å²) < 4.78 is 15.4. The molecular formula is C21H20N2O5S. The molecule has 0 aliphatic heterocycles. The Hall–Kier alpha value is -3.39. The molecule has 29 heavy (non-hydrogen) atoms. The zero-order chi connectivity index (χ0) is 20.6. The van der Waals surface area contributed by atoms with Gasteiger partial charge in [-0.2, -0.15) is 0 Å². The van der Waals surface area contributed by atoms with Crippen molar-refractivity contribution < 1.29 is 23.8 Å². The quantitative estimate of drug-likeness (QED) is 0.570. The van der Waals surface area contributed by atoms with Gasteiger partial charge in [0, 0.05) is 10.9 Å². The van der Waals surface area contributed by atoms with Gasteiger partial charge >= 0.3 is 5.97 Å². The lowest BCUT2D eigenvalue weighted by Gasteiger charge is -2.09. The SMILES string of the molecule is COc1ccc(-c2nc(CC(=O)OCC(=O)Nc3ccccc3OC)cs2)cc1. The first-order valence-electron chi connectivity index (χ1n) is 8.76. The van der Waals surface area contributed by atoms with Crippen LogP contribution in [0.3, 0.4) is 0 Å². The molecular weight excluding hydrogens is 392 g/mol. The number of ether oxygens (including phenoxy) is 3. The van der Waals surface area contributed by atoms with Crippen molar-refractivity contribution in [2.45, 2.75) is 6.42 Å². The van der Waals surface area contributed by atoms with Crippen molar-refractivity contribution in [3.8, 4) is 22.1 Å². The minimum absolute atomic E-state index is 0.00536. The van der Waals surface area contributed by atoms with E-state index < -0.39 is 11.9 Å². The number of benzene rings is 2. The van der Waals surface area contributed by atoms with Gasteiger partial charge in [-0.1, -0.05) is 12.1 Å². The monoisotopic (exact) mass is 412 g/mol. The minimum atomic E-state index is -0.522. The second-order valence-electron chi connectivity index (χ2n) is 5.96. The molecule has 0 unspecified atom stereocenters. The third-order valence-corrected chi connectivity index (χ3v) is 4.90. The van der Waals surface area contributed by atoms with E-state index in [1.54, 1.807) is 36.8 Å². The first kappa shape index (κ1) is 20.3. The molecule has 0 aliphatic rings. The summed E-state index contributed by atoms with van der Waals surface area (Å²) in [5, 5.41) is 5.25. The van der Waals surface area contributed by atoms with Gasteiger partial charge in [0.05, 0.1) is 32.0 Å². The number of para-hydroxylation sites is 2. The maximum atomic E-state index is 12.0. The predicted molar refractivity (Wildman–Crippen MR) is 110 cm³/mol. The first-order chi connectivity index (χ1) is 14.1. The number of nitrogens with one attached hydrogen (secondary N) is 1. The molecule has 0 saturated carbocycles. The van der Waals surface area contributed by atoms with Crippen LogP contribution < -0.4 is 14.8 Å². The summed E-state index contributed by atoms with van der Waals surface area (Å²) in [5.41, 5.74) is 2.04. The van der Waals surface area contributed by atoms with Crippen LogP contribution in [0.4, 0.5) is 5.69 Å². The van der Waals surface area contributed by atoms with Crippen LogP contribution in [-0.2, 0) is 20.7 Å². The number of nitrogens with zero attached hydrogens (tertiary/aromatic N) is 1. The maximum absolute atomic E-state index is 12.0. The summed E-state index contributed by atoms with van der Waals surface area (Å²) in [7, 11) is 3.12. The second-order valence-corrected chi connectivity index (χ2v) is 6.82. The number of aromatic nitrogens is 1. The van der Waals surface area contributed by atoms with E-state index in [0.717, 1.165) is 16.3 Å². The number of carbonyl (C=O) groups excluding carboxylic acids is 2. The van der Waals surface area contributed by atoms with Crippen molar-refractivity contribution in [2.24, 2.45) is 0 Å². The van der Waals surface area contributed by atoms with Gasteiger partial charge in [0.1, 0.15) is 16.5 Å². The Labute approximate surface area is 172 Å². The second kappa shape index (κ2) is 9.70. The topological polar surface area (TPSA) is 86.8 Å². The average Bonchev–Trinajstić information content (AvgIpc) is 3.21. The zero-order valence-corrected chi connectivity index (χ0v) is 16.8. The highest BCUT2D eigenvalue weighted by Gasteiger charge is 2.13. The number of esters is 1. The van der Waals surface area contributed by atoms with Crippen LogP contribution in [0.5, 0.6) is 11.5 Å². The molecule has 0 spiro atoms. The molecule has 0 saturated heterocycles. The summed E-state index contributed by atoms with van der Waals surface area (Å²) in [5.74, 6) is 0.327. The molecule has 1 amide bonds. The number of hydrogen-bond acceptors (Lipinski definition) is 7. The summed E-state index contributed by atoms with van der Waals surface area (Å²) in [6.07, 6.45) is -0.00536. The molecule has 0 aliphatic carbocycles. The smallest absolute Gasteiger partial charge is 0.312 e. The molecule has 2 aromatic carbocycles. The van der Waals surface area contributed by atoms with Gasteiger partial charge in [0.15, 0.2) is 6.61 Å². The summed E-state index contributed by atoms with van der Waals surface area (Å²) in [4.78, 5) is 28.5. The van der Waals surface area contributed by atoms with Crippen molar-refractivity contribution >= 4 is 28.9 Å². The number of methoxy groups -OCH3 is 2. The van der Waals surface area contributed by atoms with E-state index in [2.05, 4.69) is 10.3 Å².